The fraction of sp³-hybridized carbons (Fsp3) is 0.350. The summed E-state index contributed by atoms with van der Waals surface area (Å²) in [6.45, 7) is 4.36. The van der Waals surface area contributed by atoms with E-state index in [0.717, 1.165) is 11.3 Å². The van der Waals surface area contributed by atoms with Gasteiger partial charge in [0.2, 0.25) is 17.7 Å². The number of carbonyl (C=O) groups is 2. The van der Waals surface area contributed by atoms with Gasteiger partial charge in [0.05, 0.1) is 14.2 Å². The number of methoxy groups -OCH3 is 2. The van der Waals surface area contributed by atoms with Crippen LogP contribution >= 0.6 is 0 Å². The topological polar surface area (TPSA) is 72.0 Å². The number of benzene rings is 1. The molecular formula is C20H23N3O4. The van der Waals surface area contributed by atoms with E-state index in [-0.39, 0.29) is 30.3 Å². The molecule has 0 bridgehead atoms. The van der Waals surface area contributed by atoms with E-state index in [0.29, 0.717) is 18.0 Å². The Labute approximate surface area is 158 Å². The Balaban J connectivity index is 1.82. The van der Waals surface area contributed by atoms with Crippen LogP contribution in [0.4, 0.5) is 5.69 Å². The minimum atomic E-state index is -0.286. The fourth-order valence-corrected chi connectivity index (χ4v) is 3.11. The van der Waals surface area contributed by atoms with Crippen molar-refractivity contribution in [1.82, 2.24) is 9.88 Å². The van der Waals surface area contributed by atoms with Gasteiger partial charge in [0.15, 0.2) is 0 Å². The number of hydrogen-bond donors (Lipinski definition) is 0. The average molecular weight is 369 g/mol. The fourth-order valence-electron chi connectivity index (χ4n) is 3.11. The smallest absolute Gasteiger partial charge is 0.260 e. The van der Waals surface area contributed by atoms with E-state index in [1.807, 2.05) is 38.1 Å². The van der Waals surface area contributed by atoms with Gasteiger partial charge >= 0.3 is 0 Å². The number of aryl methyl sites for hydroxylation is 1. The van der Waals surface area contributed by atoms with Gasteiger partial charge in [-0.05, 0) is 32.0 Å². The van der Waals surface area contributed by atoms with E-state index in [1.54, 1.807) is 21.9 Å². The molecule has 1 atom stereocenters. The number of hydrogen-bond acceptors (Lipinski definition) is 5. The number of piperazine rings is 1. The third-order valence-corrected chi connectivity index (χ3v) is 4.66. The third kappa shape index (κ3) is 3.72. The second-order valence-corrected chi connectivity index (χ2v) is 6.53. The molecule has 1 fully saturated rings. The van der Waals surface area contributed by atoms with E-state index >= 15 is 0 Å². The number of aromatic nitrogens is 1. The molecule has 1 aromatic heterocycles. The van der Waals surface area contributed by atoms with Crippen LogP contribution < -0.4 is 14.4 Å². The first-order valence-electron chi connectivity index (χ1n) is 8.71. The zero-order chi connectivity index (χ0) is 19.6. The standard InChI is InChI=1S/C20H23N3O4/c1-13-5-7-15(8-6-13)23-11-14(2)22(12-18(23)24)20(25)16-9-10-17(26-3)21-19(16)27-4/h5-10,14H,11-12H2,1-4H3. The molecule has 0 N–H and O–H groups in total. The minimum Gasteiger partial charge on any atom is -0.481 e. The molecule has 2 aromatic rings. The van der Waals surface area contributed by atoms with E-state index in [9.17, 15) is 9.59 Å². The summed E-state index contributed by atoms with van der Waals surface area (Å²) in [5.74, 6) is 0.133. The van der Waals surface area contributed by atoms with Crippen LogP contribution in [0.25, 0.3) is 0 Å². The number of nitrogens with zero attached hydrogens (tertiary/aromatic N) is 3. The number of carbonyl (C=O) groups excluding carboxylic acids is 2. The Morgan fingerprint density at radius 3 is 2.44 bits per heavy atom. The maximum absolute atomic E-state index is 13.0. The SMILES string of the molecule is COc1ccc(C(=O)N2CC(=O)N(c3ccc(C)cc3)CC2C)c(OC)n1. The predicted octanol–water partition coefficient (Wildman–Crippen LogP) is 2.28. The summed E-state index contributed by atoms with van der Waals surface area (Å²) in [5.41, 5.74) is 2.28. The van der Waals surface area contributed by atoms with Crippen LogP contribution in [-0.2, 0) is 4.79 Å². The lowest BCUT2D eigenvalue weighted by atomic mass is 10.1. The summed E-state index contributed by atoms with van der Waals surface area (Å²) in [5, 5.41) is 0. The van der Waals surface area contributed by atoms with Crippen molar-refractivity contribution in [3.05, 3.63) is 47.5 Å². The molecule has 1 aliphatic heterocycles. The van der Waals surface area contributed by atoms with Gasteiger partial charge in [-0.1, -0.05) is 17.7 Å². The zero-order valence-electron chi connectivity index (χ0n) is 15.9. The first-order valence-corrected chi connectivity index (χ1v) is 8.71. The van der Waals surface area contributed by atoms with Gasteiger partial charge < -0.3 is 19.3 Å². The molecule has 1 aromatic carbocycles. The van der Waals surface area contributed by atoms with Gasteiger partial charge in [-0.3, -0.25) is 9.59 Å². The molecule has 0 spiro atoms. The Morgan fingerprint density at radius 1 is 1.11 bits per heavy atom. The Kier molecular flexibility index (Phi) is 5.30. The Hall–Kier alpha value is -3.09. The van der Waals surface area contributed by atoms with Crippen LogP contribution in [0.1, 0.15) is 22.8 Å². The molecule has 0 radical (unpaired) electrons. The lowest BCUT2D eigenvalue weighted by Crippen LogP contribution is -2.57. The van der Waals surface area contributed by atoms with Gasteiger partial charge in [-0.25, -0.2) is 0 Å². The molecule has 27 heavy (non-hydrogen) atoms. The summed E-state index contributed by atoms with van der Waals surface area (Å²) < 4.78 is 10.3. The number of amides is 2. The minimum absolute atomic E-state index is 0.00304. The van der Waals surface area contributed by atoms with Crippen molar-refractivity contribution in [1.29, 1.82) is 0 Å². The number of rotatable bonds is 4. The summed E-state index contributed by atoms with van der Waals surface area (Å²) in [7, 11) is 2.94. The van der Waals surface area contributed by atoms with Gasteiger partial charge in [-0.15, -0.1) is 0 Å². The molecule has 1 unspecified atom stereocenters. The molecule has 2 heterocycles. The van der Waals surface area contributed by atoms with E-state index in [2.05, 4.69) is 4.98 Å². The predicted molar refractivity (Wildman–Crippen MR) is 101 cm³/mol. The zero-order valence-corrected chi connectivity index (χ0v) is 15.9. The van der Waals surface area contributed by atoms with Gasteiger partial charge in [-0.2, -0.15) is 4.98 Å². The van der Waals surface area contributed by atoms with Crippen molar-refractivity contribution in [2.24, 2.45) is 0 Å². The van der Waals surface area contributed by atoms with Crippen molar-refractivity contribution in [2.75, 3.05) is 32.2 Å². The Morgan fingerprint density at radius 2 is 1.81 bits per heavy atom. The Bertz CT molecular complexity index is 851. The van der Waals surface area contributed by atoms with E-state index < -0.39 is 0 Å². The average Bonchev–Trinajstić information content (AvgIpc) is 2.69. The van der Waals surface area contributed by atoms with Gasteiger partial charge in [0.25, 0.3) is 5.91 Å². The molecule has 0 saturated carbocycles. The highest BCUT2D eigenvalue weighted by Gasteiger charge is 2.35. The van der Waals surface area contributed by atoms with Crippen molar-refractivity contribution >= 4 is 17.5 Å². The summed E-state index contributed by atoms with van der Waals surface area (Å²) in [6, 6.07) is 10.9. The maximum Gasteiger partial charge on any atom is 0.260 e. The number of anilines is 1. The van der Waals surface area contributed by atoms with Crippen LogP contribution in [0.2, 0.25) is 0 Å². The normalized spacial score (nSPS) is 17.0. The highest BCUT2D eigenvalue weighted by atomic mass is 16.5. The monoisotopic (exact) mass is 369 g/mol. The number of pyridine rings is 1. The lowest BCUT2D eigenvalue weighted by Gasteiger charge is -2.39. The number of ether oxygens (including phenoxy) is 2. The first-order chi connectivity index (χ1) is 12.9. The second-order valence-electron chi connectivity index (χ2n) is 6.53. The van der Waals surface area contributed by atoms with Crippen LogP contribution in [0, 0.1) is 6.92 Å². The third-order valence-electron chi connectivity index (χ3n) is 4.66. The quantitative estimate of drug-likeness (QED) is 0.827. The highest BCUT2D eigenvalue weighted by Crippen LogP contribution is 2.25. The van der Waals surface area contributed by atoms with Crippen LogP contribution in [0.5, 0.6) is 11.8 Å². The van der Waals surface area contributed by atoms with Crippen molar-refractivity contribution in [3.63, 3.8) is 0 Å². The van der Waals surface area contributed by atoms with Crippen molar-refractivity contribution in [3.8, 4) is 11.8 Å². The molecule has 7 heteroatoms. The van der Waals surface area contributed by atoms with Crippen molar-refractivity contribution in [2.45, 2.75) is 19.9 Å². The van der Waals surface area contributed by atoms with Gasteiger partial charge in [0.1, 0.15) is 12.1 Å². The van der Waals surface area contributed by atoms with Crippen LogP contribution in [-0.4, -0.2) is 55.0 Å². The lowest BCUT2D eigenvalue weighted by molar-refractivity contribution is -0.121. The molecular weight excluding hydrogens is 346 g/mol. The largest absolute Gasteiger partial charge is 0.481 e. The highest BCUT2D eigenvalue weighted by molar-refractivity contribution is 6.03. The summed E-state index contributed by atoms with van der Waals surface area (Å²) in [6.07, 6.45) is 0. The molecule has 0 aliphatic carbocycles. The first kappa shape index (κ1) is 18.7. The summed E-state index contributed by atoms with van der Waals surface area (Å²) in [4.78, 5) is 33.1. The second kappa shape index (κ2) is 7.65. The van der Waals surface area contributed by atoms with E-state index in [1.165, 1.54) is 14.2 Å². The molecule has 1 saturated heterocycles. The van der Waals surface area contributed by atoms with Crippen LogP contribution in [0.3, 0.4) is 0 Å². The van der Waals surface area contributed by atoms with E-state index in [4.69, 9.17) is 9.47 Å². The van der Waals surface area contributed by atoms with Crippen LogP contribution in [0.15, 0.2) is 36.4 Å². The van der Waals surface area contributed by atoms with Gasteiger partial charge in [0, 0.05) is 24.3 Å². The molecule has 7 nitrogen and oxygen atoms in total. The summed E-state index contributed by atoms with van der Waals surface area (Å²) >= 11 is 0. The maximum atomic E-state index is 13.0. The molecule has 142 valence electrons. The molecule has 1 aliphatic rings. The van der Waals surface area contributed by atoms with Crippen molar-refractivity contribution < 1.29 is 19.1 Å². The molecule has 3 rings (SSSR count). The molecule has 2 amide bonds.